The van der Waals surface area contributed by atoms with Crippen LogP contribution in [-0.4, -0.2) is 57.4 Å². The van der Waals surface area contributed by atoms with Gasteiger partial charge in [0.2, 0.25) is 17.2 Å². The molecule has 1 heterocycles. The second kappa shape index (κ2) is 10.1. The number of aliphatic hydroxyl groups is 1. The van der Waals surface area contributed by atoms with Crippen LogP contribution in [0.5, 0.6) is 0 Å². The van der Waals surface area contributed by atoms with Crippen LogP contribution >= 0.6 is 0 Å². The van der Waals surface area contributed by atoms with E-state index in [0.717, 1.165) is 18.5 Å². The van der Waals surface area contributed by atoms with Gasteiger partial charge in [-0.3, -0.25) is 9.59 Å². The molecule has 1 aromatic carbocycles. The summed E-state index contributed by atoms with van der Waals surface area (Å²) in [6.07, 6.45) is 8.26. The summed E-state index contributed by atoms with van der Waals surface area (Å²) in [6, 6.07) is 10.3. The van der Waals surface area contributed by atoms with Crippen molar-refractivity contribution in [1.29, 1.82) is 0 Å². The summed E-state index contributed by atoms with van der Waals surface area (Å²) in [5.74, 6) is -0.430. The van der Waals surface area contributed by atoms with E-state index in [0.29, 0.717) is 6.42 Å². The summed E-state index contributed by atoms with van der Waals surface area (Å²) in [5, 5.41) is 17.1. The SMILES string of the molecule is CC(=O)OCC(=O)C1(OC(C)(C)C)C(C)CC2C3C=C(C)C4=CC5=[N+](c6ccccc6)N=CC5CC4(C)C3C(O)CC21C. The van der Waals surface area contributed by atoms with Gasteiger partial charge in [-0.1, -0.05) is 50.6 Å². The van der Waals surface area contributed by atoms with Gasteiger partial charge >= 0.3 is 5.97 Å². The Labute approximate surface area is 255 Å². The number of nitrogens with zero attached hydrogens (tertiary/aromatic N) is 2. The number of para-hydroxylation sites is 1. The third-order valence-corrected chi connectivity index (χ3v) is 11.3. The van der Waals surface area contributed by atoms with Crippen molar-refractivity contribution in [3.05, 3.63) is 53.6 Å². The van der Waals surface area contributed by atoms with E-state index in [1.165, 1.54) is 23.8 Å². The molecule has 9 atom stereocenters. The van der Waals surface area contributed by atoms with Crippen molar-refractivity contribution in [2.24, 2.45) is 45.5 Å². The molecule has 0 saturated heterocycles. The second-order valence-corrected chi connectivity index (χ2v) is 15.2. The number of ether oxygens (including phenoxy) is 2. The highest BCUT2D eigenvalue weighted by Crippen LogP contribution is 2.69. The predicted molar refractivity (Wildman–Crippen MR) is 166 cm³/mol. The Morgan fingerprint density at radius 1 is 1.14 bits per heavy atom. The molecule has 5 aliphatic rings. The summed E-state index contributed by atoms with van der Waals surface area (Å²) in [7, 11) is 0. The Balaban J connectivity index is 1.45. The zero-order chi connectivity index (χ0) is 31.1. The summed E-state index contributed by atoms with van der Waals surface area (Å²) in [5.41, 5.74) is 2.06. The van der Waals surface area contributed by atoms with E-state index < -0.39 is 28.7 Å². The van der Waals surface area contributed by atoms with Crippen LogP contribution in [0.15, 0.2) is 58.7 Å². The van der Waals surface area contributed by atoms with Crippen molar-refractivity contribution >= 4 is 29.4 Å². The minimum Gasteiger partial charge on any atom is -0.458 e. The van der Waals surface area contributed by atoms with Crippen LogP contribution < -0.4 is 0 Å². The maximum absolute atomic E-state index is 14.2. The average molecular weight is 588 g/mol. The van der Waals surface area contributed by atoms with Gasteiger partial charge in [-0.25, -0.2) is 0 Å². The molecule has 2 fully saturated rings. The molecule has 6 rings (SSSR count). The fourth-order valence-electron chi connectivity index (χ4n) is 9.99. The summed E-state index contributed by atoms with van der Waals surface area (Å²) in [4.78, 5) is 25.9. The molecule has 7 nitrogen and oxygen atoms in total. The third kappa shape index (κ3) is 4.44. The average Bonchev–Trinajstić information content (AvgIpc) is 3.41. The molecule has 9 unspecified atom stereocenters. The lowest BCUT2D eigenvalue weighted by molar-refractivity contribution is -0.441. The summed E-state index contributed by atoms with van der Waals surface area (Å²) < 4.78 is 14.2. The fraction of sp³-hybridized carbons (Fsp3) is 0.611. The minimum absolute atomic E-state index is 0.00228. The van der Waals surface area contributed by atoms with Crippen LogP contribution in [0.4, 0.5) is 5.69 Å². The van der Waals surface area contributed by atoms with Gasteiger partial charge in [0, 0.05) is 36.5 Å². The number of hydrogen-bond donors (Lipinski definition) is 1. The number of carbonyl (C=O) groups excluding carboxylic acids is 2. The highest BCUT2D eigenvalue weighted by Gasteiger charge is 2.72. The Hall–Kier alpha value is -2.90. The van der Waals surface area contributed by atoms with Crippen LogP contribution in [0, 0.1) is 40.4 Å². The van der Waals surface area contributed by atoms with Crippen molar-refractivity contribution < 1.29 is 28.9 Å². The lowest BCUT2D eigenvalue weighted by Crippen LogP contribution is -2.65. The Kier molecular flexibility index (Phi) is 7.05. The number of rotatable bonds is 5. The Morgan fingerprint density at radius 3 is 2.49 bits per heavy atom. The van der Waals surface area contributed by atoms with E-state index in [2.05, 4.69) is 62.9 Å². The molecule has 0 aromatic heterocycles. The number of aliphatic hydroxyl groups excluding tert-OH is 1. The molecule has 7 heteroatoms. The van der Waals surface area contributed by atoms with E-state index in [1.807, 2.05) is 39.0 Å². The molecule has 230 valence electrons. The maximum Gasteiger partial charge on any atom is 0.303 e. The molecule has 0 bridgehead atoms. The van der Waals surface area contributed by atoms with Crippen LogP contribution in [0.3, 0.4) is 0 Å². The van der Waals surface area contributed by atoms with E-state index in [1.54, 1.807) is 0 Å². The second-order valence-electron chi connectivity index (χ2n) is 15.2. The van der Waals surface area contributed by atoms with Crippen molar-refractivity contribution in [2.75, 3.05) is 6.61 Å². The van der Waals surface area contributed by atoms with Crippen molar-refractivity contribution in [2.45, 2.75) is 92.0 Å². The number of fused-ring (bicyclic) bond motifs is 6. The van der Waals surface area contributed by atoms with E-state index in [-0.39, 0.29) is 47.4 Å². The lowest BCUT2D eigenvalue weighted by atomic mass is 9.45. The topological polar surface area (TPSA) is 88.2 Å². The zero-order valence-electron chi connectivity index (χ0n) is 26.9. The largest absolute Gasteiger partial charge is 0.458 e. The van der Waals surface area contributed by atoms with E-state index in [9.17, 15) is 14.7 Å². The predicted octanol–water partition coefficient (Wildman–Crippen LogP) is 6.03. The number of Topliss-reactive ketones (excluding diaryl/α,β-unsaturated/α-hetero) is 1. The van der Waals surface area contributed by atoms with Gasteiger partial charge in [0.25, 0.3) is 0 Å². The first-order valence-corrected chi connectivity index (χ1v) is 15.8. The normalized spacial score (nSPS) is 39.7. The molecule has 0 radical (unpaired) electrons. The van der Waals surface area contributed by atoms with Crippen molar-refractivity contribution in [1.82, 2.24) is 0 Å². The smallest absolute Gasteiger partial charge is 0.303 e. The molecule has 1 aliphatic heterocycles. The highest BCUT2D eigenvalue weighted by molar-refractivity contribution is 6.06. The fourth-order valence-corrected chi connectivity index (χ4v) is 9.99. The molecule has 2 saturated carbocycles. The van der Waals surface area contributed by atoms with E-state index >= 15 is 0 Å². The van der Waals surface area contributed by atoms with Gasteiger partial charge in [0.1, 0.15) is 5.60 Å². The van der Waals surface area contributed by atoms with Crippen LogP contribution in [0.25, 0.3) is 0 Å². The van der Waals surface area contributed by atoms with Gasteiger partial charge in [0.15, 0.2) is 6.61 Å². The lowest BCUT2D eigenvalue weighted by Gasteiger charge is -2.60. The zero-order valence-corrected chi connectivity index (χ0v) is 26.9. The van der Waals surface area contributed by atoms with Gasteiger partial charge < -0.3 is 14.6 Å². The van der Waals surface area contributed by atoms with Gasteiger partial charge in [-0.05, 0) is 85.5 Å². The number of hydrazone groups is 1. The van der Waals surface area contributed by atoms with Crippen LogP contribution in [0.1, 0.15) is 74.7 Å². The minimum atomic E-state index is -1.18. The number of ketones is 1. The molecule has 4 aliphatic carbocycles. The van der Waals surface area contributed by atoms with Crippen LogP contribution in [-0.2, 0) is 19.1 Å². The monoisotopic (exact) mass is 587 g/mol. The number of allylic oxidation sites excluding steroid dienone is 4. The van der Waals surface area contributed by atoms with Gasteiger partial charge in [0.05, 0.1) is 23.8 Å². The third-order valence-electron chi connectivity index (χ3n) is 11.3. The number of carbonyl (C=O) groups is 2. The first-order valence-electron chi connectivity index (χ1n) is 15.8. The molecule has 1 aromatic rings. The maximum atomic E-state index is 14.2. The molecule has 0 spiro atoms. The van der Waals surface area contributed by atoms with Crippen LogP contribution in [0.2, 0.25) is 0 Å². The Morgan fingerprint density at radius 2 is 1.84 bits per heavy atom. The summed E-state index contributed by atoms with van der Waals surface area (Å²) in [6.45, 7) is 15.7. The van der Waals surface area contributed by atoms with Gasteiger partial charge in [-0.15, -0.1) is 0 Å². The molecule has 0 amide bonds. The highest BCUT2D eigenvalue weighted by atomic mass is 16.6. The quantitative estimate of drug-likeness (QED) is 0.336. The summed E-state index contributed by atoms with van der Waals surface area (Å²) >= 11 is 0. The first-order chi connectivity index (χ1) is 20.1. The molecule has 1 N–H and O–H groups in total. The Bertz CT molecular complexity index is 1470. The number of esters is 1. The molecular weight excluding hydrogens is 540 g/mol. The molecule has 43 heavy (non-hydrogen) atoms. The molecular formula is C36H47N2O5+. The van der Waals surface area contributed by atoms with Crippen molar-refractivity contribution in [3.63, 3.8) is 0 Å². The van der Waals surface area contributed by atoms with E-state index in [4.69, 9.17) is 14.6 Å². The number of benzene rings is 1. The number of hydrogen-bond acceptors (Lipinski definition) is 6. The standard InChI is InChI=1S/C36H47N2O5/c1-21-14-26-28-15-22(2)36(43-33(4,5)6,31(41)20-42-23(3)39)35(28,8)18-30(40)32(26)34(7)17-24-19-37-38(29(24)16-27(21)34)25-12-10-9-11-13-25/h9-14,16,19,22,24,26,28,30,32,40H,15,17-18,20H2,1-8H3/q+1. The van der Waals surface area contributed by atoms with Gasteiger partial charge in [-0.2, -0.15) is 0 Å². The van der Waals surface area contributed by atoms with Crippen molar-refractivity contribution in [3.8, 4) is 0 Å². The first kappa shape index (κ1) is 30.1.